The van der Waals surface area contributed by atoms with Crippen LogP contribution in [-0.4, -0.2) is 43.0 Å². The summed E-state index contributed by atoms with van der Waals surface area (Å²) in [4.78, 5) is 4.86. The summed E-state index contributed by atoms with van der Waals surface area (Å²) in [6.45, 7) is 5.78. The first-order valence-electron chi connectivity index (χ1n) is 6.89. The summed E-state index contributed by atoms with van der Waals surface area (Å²) in [7, 11) is 2.13. The first-order chi connectivity index (χ1) is 8.74. The van der Waals surface area contributed by atoms with Crippen molar-refractivity contribution < 1.29 is 4.39 Å². The lowest BCUT2D eigenvalue weighted by Gasteiger charge is -2.19. The maximum Gasteiger partial charge on any atom is 0.123 e. The van der Waals surface area contributed by atoms with E-state index in [1.807, 2.05) is 12.1 Å². The van der Waals surface area contributed by atoms with Crippen LogP contribution in [0.4, 0.5) is 4.39 Å². The standard InChI is InChI=1S/C15H23FN2/c1-17(9-4-12-18-10-2-3-11-18)13-14-5-7-15(16)8-6-14/h5-8H,2-4,9-13H2,1H3. The fourth-order valence-electron chi connectivity index (χ4n) is 2.55. The van der Waals surface area contributed by atoms with Crippen molar-refractivity contribution in [1.82, 2.24) is 9.80 Å². The van der Waals surface area contributed by atoms with Gasteiger partial charge in [0.05, 0.1) is 0 Å². The molecule has 1 aliphatic heterocycles. The van der Waals surface area contributed by atoms with Crippen molar-refractivity contribution in [3.63, 3.8) is 0 Å². The molecule has 0 N–H and O–H groups in total. The molecule has 100 valence electrons. The van der Waals surface area contributed by atoms with E-state index in [9.17, 15) is 4.39 Å². The maximum atomic E-state index is 12.8. The van der Waals surface area contributed by atoms with E-state index in [1.54, 1.807) is 0 Å². The maximum absolute atomic E-state index is 12.8. The molecule has 1 saturated heterocycles. The summed E-state index contributed by atoms with van der Waals surface area (Å²) in [5, 5.41) is 0. The minimum Gasteiger partial charge on any atom is -0.303 e. The van der Waals surface area contributed by atoms with Crippen LogP contribution in [0.1, 0.15) is 24.8 Å². The number of benzene rings is 1. The smallest absolute Gasteiger partial charge is 0.123 e. The Balaban J connectivity index is 1.65. The third-order valence-electron chi connectivity index (χ3n) is 3.58. The molecule has 0 aliphatic carbocycles. The average Bonchev–Trinajstić information content (AvgIpc) is 2.85. The molecule has 2 nitrogen and oxygen atoms in total. The highest BCUT2D eigenvalue weighted by Gasteiger charge is 2.10. The number of hydrogen-bond donors (Lipinski definition) is 0. The molecule has 0 aromatic heterocycles. The average molecular weight is 250 g/mol. The van der Waals surface area contributed by atoms with Crippen LogP contribution in [0, 0.1) is 5.82 Å². The first kappa shape index (κ1) is 13.5. The van der Waals surface area contributed by atoms with Gasteiger partial charge in [-0.15, -0.1) is 0 Å². The lowest BCUT2D eigenvalue weighted by atomic mass is 10.2. The molecular formula is C15H23FN2. The van der Waals surface area contributed by atoms with Gasteiger partial charge in [0.2, 0.25) is 0 Å². The van der Waals surface area contributed by atoms with Crippen molar-refractivity contribution in [3.05, 3.63) is 35.6 Å². The summed E-state index contributed by atoms with van der Waals surface area (Å²) in [6, 6.07) is 6.80. The lowest BCUT2D eigenvalue weighted by molar-refractivity contribution is 0.275. The Labute approximate surface area is 109 Å². The van der Waals surface area contributed by atoms with Gasteiger partial charge in [0.25, 0.3) is 0 Å². The van der Waals surface area contributed by atoms with E-state index in [0.29, 0.717) is 0 Å². The van der Waals surface area contributed by atoms with Crippen molar-refractivity contribution in [2.45, 2.75) is 25.8 Å². The van der Waals surface area contributed by atoms with E-state index < -0.39 is 0 Å². The minimum atomic E-state index is -0.157. The Bertz CT molecular complexity index is 344. The predicted molar refractivity (Wildman–Crippen MR) is 73.0 cm³/mol. The van der Waals surface area contributed by atoms with E-state index in [1.165, 1.54) is 56.6 Å². The van der Waals surface area contributed by atoms with Crippen molar-refractivity contribution >= 4 is 0 Å². The van der Waals surface area contributed by atoms with Gasteiger partial charge in [-0.3, -0.25) is 0 Å². The molecule has 0 amide bonds. The van der Waals surface area contributed by atoms with Crippen LogP contribution in [0.5, 0.6) is 0 Å². The second-order valence-corrected chi connectivity index (χ2v) is 5.27. The molecular weight excluding hydrogens is 227 g/mol. The van der Waals surface area contributed by atoms with Crippen LogP contribution in [0.15, 0.2) is 24.3 Å². The molecule has 0 radical (unpaired) electrons. The third-order valence-corrected chi connectivity index (χ3v) is 3.58. The van der Waals surface area contributed by atoms with Crippen LogP contribution in [0.3, 0.4) is 0 Å². The van der Waals surface area contributed by atoms with Crippen molar-refractivity contribution in [2.24, 2.45) is 0 Å². The number of hydrogen-bond acceptors (Lipinski definition) is 2. The Morgan fingerprint density at radius 3 is 2.50 bits per heavy atom. The second kappa shape index (κ2) is 6.86. The monoisotopic (exact) mass is 250 g/mol. The fraction of sp³-hybridized carbons (Fsp3) is 0.600. The highest BCUT2D eigenvalue weighted by Crippen LogP contribution is 2.09. The van der Waals surface area contributed by atoms with Gasteiger partial charge in [0.1, 0.15) is 5.82 Å². The third kappa shape index (κ3) is 4.39. The van der Waals surface area contributed by atoms with E-state index >= 15 is 0 Å². The van der Waals surface area contributed by atoms with Crippen LogP contribution >= 0.6 is 0 Å². The van der Waals surface area contributed by atoms with Gasteiger partial charge in [-0.2, -0.15) is 0 Å². The van der Waals surface area contributed by atoms with Crippen LogP contribution in [0.2, 0.25) is 0 Å². The topological polar surface area (TPSA) is 6.48 Å². The van der Waals surface area contributed by atoms with Crippen molar-refractivity contribution in [1.29, 1.82) is 0 Å². The summed E-state index contributed by atoms with van der Waals surface area (Å²) in [5.74, 6) is -0.157. The molecule has 1 fully saturated rings. The molecule has 1 heterocycles. The van der Waals surface area contributed by atoms with E-state index in [4.69, 9.17) is 0 Å². The quantitative estimate of drug-likeness (QED) is 0.766. The second-order valence-electron chi connectivity index (χ2n) is 5.27. The first-order valence-corrected chi connectivity index (χ1v) is 6.89. The Kier molecular flexibility index (Phi) is 5.14. The van der Waals surface area contributed by atoms with Crippen LogP contribution in [0.25, 0.3) is 0 Å². The predicted octanol–water partition coefficient (Wildman–Crippen LogP) is 2.74. The Morgan fingerprint density at radius 2 is 1.83 bits per heavy atom. The molecule has 18 heavy (non-hydrogen) atoms. The SMILES string of the molecule is CN(CCCN1CCCC1)Cc1ccc(F)cc1. The van der Waals surface area contributed by atoms with Gasteiger partial charge >= 0.3 is 0 Å². The van der Waals surface area contributed by atoms with Gasteiger partial charge in [0, 0.05) is 6.54 Å². The molecule has 1 aromatic carbocycles. The van der Waals surface area contributed by atoms with E-state index in [0.717, 1.165) is 13.1 Å². The van der Waals surface area contributed by atoms with Gasteiger partial charge < -0.3 is 9.80 Å². The van der Waals surface area contributed by atoms with Gasteiger partial charge in [-0.25, -0.2) is 4.39 Å². The minimum absolute atomic E-state index is 0.157. The summed E-state index contributed by atoms with van der Waals surface area (Å²) in [6.07, 6.45) is 3.95. The van der Waals surface area contributed by atoms with Gasteiger partial charge in [0.15, 0.2) is 0 Å². The Hall–Kier alpha value is -0.930. The van der Waals surface area contributed by atoms with Crippen LogP contribution in [-0.2, 0) is 6.54 Å². The fourth-order valence-corrected chi connectivity index (χ4v) is 2.55. The normalized spacial score (nSPS) is 16.6. The summed E-state index contributed by atoms with van der Waals surface area (Å²) >= 11 is 0. The highest BCUT2D eigenvalue weighted by molar-refractivity contribution is 5.15. The molecule has 0 bridgehead atoms. The molecule has 0 spiro atoms. The number of nitrogens with zero attached hydrogens (tertiary/aromatic N) is 2. The van der Waals surface area contributed by atoms with E-state index in [2.05, 4.69) is 16.8 Å². The molecule has 0 saturated carbocycles. The van der Waals surface area contributed by atoms with Crippen LogP contribution < -0.4 is 0 Å². The van der Waals surface area contributed by atoms with Gasteiger partial charge in [-0.05, 0) is 70.2 Å². The number of likely N-dealkylation sites (tertiary alicyclic amines) is 1. The van der Waals surface area contributed by atoms with Crippen molar-refractivity contribution in [3.8, 4) is 0 Å². The Morgan fingerprint density at radius 1 is 1.17 bits per heavy atom. The molecule has 0 atom stereocenters. The molecule has 3 heteroatoms. The van der Waals surface area contributed by atoms with Crippen molar-refractivity contribution in [2.75, 3.05) is 33.2 Å². The molecule has 1 aliphatic rings. The number of rotatable bonds is 6. The highest BCUT2D eigenvalue weighted by atomic mass is 19.1. The molecule has 2 rings (SSSR count). The summed E-state index contributed by atoms with van der Waals surface area (Å²) in [5.41, 5.74) is 1.18. The molecule has 1 aromatic rings. The lowest BCUT2D eigenvalue weighted by Crippen LogP contribution is -2.26. The zero-order valence-electron chi connectivity index (χ0n) is 11.2. The number of halogens is 1. The molecule has 0 unspecified atom stereocenters. The van der Waals surface area contributed by atoms with E-state index in [-0.39, 0.29) is 5.82 Å². The summed E-state index contributed by atoms with van der Waals surface area (Å²) < 4.78 is 12.8. The zero-order valence-corrected chi connectivity index (χ0v) is 11.2. The zero-order chi connectivity index (χ0) is 12.8. The van der Waals surface area contributed by atoms with Gasteiger partial charge in [-0.1, -0.05) is 12.1 Å². The largest absolute Gasteiger partial charge is 0.303 e.